The number of halogens is 4. The average molecular weight is 742 g/mol. The van der Waals surface area contributed by atoms with E-state index in [9.17, 15) is 14.4 Å². The standard InChI is InChI=1S/C33H35ClF3N11O2S/c1-40-25-27(45-12-20-23(34)24(29(49)44(2)3)43-48(20)16-33(36,37)15-45)41-30(50-17-32-6-4-8-47(32)11-18(35)9-32)42-28(25)46-13-31(14-46)7-5-21-22(31)19(10-38)26(39)51-21/h18H,4-9,11-17,39H2,2-3H3/t18-,32+/m1/s1. The van der Waals surface area contributed by atoms with Crippen molar-refractivity contribution in [2.75, 3.05) is 69.0 Å². The number of hydrogen-bond donors (Lipinski definition) is 1. The molecule has 5 aliphatic rings. The highest BCUT2D eigenvalue weighted by Crippen LogP contribution is 2.54. The summed E-state index contributed by atoms with van der Waals surface area (Å²) in [7, 11) is 3.03. The highest BCUT2D eigenvalue weighted by Gasteiger charge is 2.53. The zero-order valence-corrected chi connectivity index (χ0v) is 29.6. The molecule has 0 unspecified atom stereocenters. The highest BCUT2D eigenvalue weighted by molar-refractivity contribution is 7.16. The zero-order valence-electron chi connectivity index (χ0n) is 28.1. The molecule has 51 heavy (non-hydrogen) atoms. The predicted octanol–water partition coefficient (Wildman–Crippen LogP) is 4.41. The lowest BCUT2D eigenvalue weighted by Gasteiger charge is -2.50. The summed E-state index contributed by atoms with van der Waals surface area (Å²) in [6.45, 7) is 8.40. The number of nitriles is 1. The molecule has 1 aliphatic carbocycles. The fourth-order valence-electron chi connectivity index (χ4n) is 8.68. The largest absolute Gasteiger partial charge is 0.461 e. The second-order valence-corrected chi connectivity index (χ2v) is 16.1. The van der Waals surface area contributed by atoms with E-state index < -0.39 is 36.6 Å². The number of rotatable bonds is 6. The number of nitrogens with two attached hydrogens (primary N) is 1. The van der Waals surface area contributed by atoms with Crippen molar-refractivity contribution in [1.82, 2.24) is 29.5 Å². The van der Waals surface area contributed by atoms with Crippen LogP contribution in [0.3, 0.4) is 0 Å². The number of thiophene rings is 1. The molecule has 4 aliphatic heterocycles. The molecule has 268 valence electrons. The van der Waals surface area contributed by atoms with Crippen LogP contribution in [0.25, 0.3) is 4.85 Å². The van der Waals surface area contributed by atoms with Crippen molar-refractivity contribution in [3.05, 3.63) is 43.8 Å². The number of carbonyl (C=O) groups excluding carboxylic acids is 1. The maximum atomic E-state index is 15.7. The van der Waals surface area contributed by atoms with Crippen LogP contribution in [-0.4, -0.2) is 107 Å². The molecule has 0 radical (unpaired) electrons. The molecule has 3 fully saturated rings. The van der Waals surface area contributed by atoms with Crippen molar-refractivity contribution in [3.63, 3.8) is 0 Å². The molecule has 13 nitrogen and oxygen atoms in total. The number of nitrogens with zero attached hydrogens (tertiary/aromatic N) is 10. The molecule has 3 aromatic rings. The van der Waals surface area contributed by atoms with E-state index in [0.29, 0.717) is 36.6 Å². The third-order valence-electron chi connectivity index (χ3n) is 11.0. The minimum Gasteiger partial charge on any atom is -0.461 e. The van der Waals surface area contributed by atoms with E-state index in [-0.39, 0.29) is 58.3 Å². The van der Waals surface area contributed by atoms with Crippen molar-refractivity contribution >= 4 is 51.2 Å². The minimum atomic E-state index is -3.36. The molecule has 1 amide bonds. The van der Waals surface area contributed by atoms with Crippen LogP contribution in [0, 0.1) is 17.9 Å². The number of aryl methyl sites for hydroxylation is 1. The Kier molecular flexibility index (Phi) is 7.86. The van der Waals surface area contributed by atoms with Gasteiger partial charge in [0.1, 0.15) is 42.0 Å². The SMILES string of the molecule is [C-]#[N+]c1c(N2Cc3c(Cl)c(C(=O)N(C)C)nn3CC(F)(F)C2)nc(OC[C@@]23CCCN2C[C@H](F)C3)nc1N1CC2(CCc3sc(N)c(C#N)c32)C1. The Bertz CT molecular complexity index is 2030. The van der Waals surface area contributed by atoms with Crippen molar-refractivity contribution in [3.8, 4) is 12.1 Å². The van der Waals surface area contributed by atoms with Crippen LogP contribution in [-0.2, 0) is 24.9 Å². The van der Waals surface area contributed by atoms with E-state index in [1.54, 1.807) is 0 Å². The topological polar surface area (TPSA) is 137 Å². The molecule has 7 heterocycles. The average Bonchev–Trinajstić information content (AvgIpc) is 3.82. The number of alkyl halides is 3. The van der Waals surface area contributed by atoms with Gasteiger partial charge < -0.3 is 25.2 Å². The van der Waals surface area contributed by atoms with Crippen molar-refractivity contribution in [1.29, 1.82) is 5.26 Å². The first-order valence-electron chi connectivity index (χ1n) is 16.7. The number of nitrogen functional groups attached to an aromatic ring is 1. The Labute approximate surface area is 301 Å². The van der Waals surface area contributed by atoms with E-state index >= 15 is 8.78 Å². The number of aromatic nitrogens is 4. The van der Waals surface area contributed by atoms with Crippen LogP contribution in [0.5, 0.6) is 6.01 Å². The number of hydrogen-bond acceptors (Lipinski definition) is 11. The molecular weight excluding hydrogens is 707 g/mol. The van der Waals surface area contributed by atoms with E-state index in [0.717, 1.165) is 47.4 Å². The maximum absolute atomic E-state index is 15.7. The lowest BCUT2D eigenvalue weighted by atomic mass is 9.74. The van der Waals surface area contributed by atoms with Gasteiger partial charge in [0.2, 0.25) is 0 Å². The number of amides is 1. The summed E-state index contributed by atoms with van der Waals surface area (Å²) in [6.07, 6.45) is 2.54. The second kappa shape index (κ2) is 11.9. The van der Waals surface area contributed by atoms with Crippen LogP contribution in [0.4, 0.5) is 35.5 Å². The number of anilines is 3. The Hall–Kier alpha value is -4.32. The summed E-state index contributed by atoms with van der Waals surface area (Å²) in [6, 6.07) is 2.15. The molecule has 1 spiro atoms. The van der Waals surface area contributed by atoms with E-state index in [4.69, 9.17) is 33.6 Å². The molecular formula is C33H35ClF3N11O2S. The van der Waals surface area contributed by atoms with Crippen molar-refractivity contribution in [2.24, 2.45) is 0 Å². The third kappa shape index (κ3) is 5.35. The molecule has 2 atom stereocenters. The minimum absolute atomic E-state index is 0.0458. The summed E-state index contributed by atoms with van der Waals surface area (Å²) in [5.74, 6) is -3.75. The molecule has 0 aromatic carbocycles. The first kappa shape index (κ1) is 33.8. The monoisotopic (exact) mass is 741 g/mol. The molecule has 0 bridgehead atoms. The van der Waals surface area contributed by atoms with Crippen LogP contribution < -0.4 is 20.3 Å². The van der Waals surface area contributed by atoms with Gasteiger partial charge in [0.15, 0.2) is 5.69 Å². The normalized spacial score (nSPS) is 24.4. The van der Waals surface area contributed by atoms with E-state index in [2.05, 4.69) is 25.9 Å². The van der Waals surface area contributed by atoms with Gasteiger partial charge in [0.25, 0.3) is 17.5 Å². The maximum Gasteiger partial charge on any atom is 0.317 e. The second-order valence-electron chi connectivity index (χ2n) is 14.5. The Morgan fingerprint density at radius 1 is 1.22 bits per heavy atom. The molecule has 8 rings (SSSR count). The van der Waals surface area contributed by atoms with E-state index in [1.165, 1.54) is 35.2 Å². The summed E-state index contributed by atoms with van der Waals surface area (Å²) in [4.78, 5) is 33.5. The zero-order chi connectivity index (χ0) is 36.0. The fourth-order valence-corrected chi connectivity index (χ4v) is 10.1. The molecule has 18 heteroatoms. The van der Waals surface area contributed by atoms with Gasteiger partial charge in [0.05, 0.1) is 41.5 Å². The first-order valence-corrected chi connectivity index (χ1v) is 17.9. The molecule has 3 aromatic heterocycles. The number of carbonyl (C=O) groups is 1. The van der Waals surface area contributed by atoms with Crippen molar-refractivity contribution < 1.29 is 22.7 Å². The molecule has 3 saturated heterocycles. The van der Waals surface area contributed by atoms with Gasteiger partial charge in [-0.1, -0.05) is 11.6 Å². The number of fused-ring (bicyclic) bond motifs is 4. The summed E-state index contributed by atoms with van der Waals surface area (Å²) >= 11 is 8.07. The van der Waals surface area contributed by atoms with Gasteiger partial charge in [-0.2, -0.15) is 20.3 Å². The lowest BCUT2D eigenvalue weighted by Crippen LogP contribution is -2.59. The Morgan fingerprint density at radius 2 is 1.96 bits per heavy atom. The van der Waals surface area contributed by atoms with Crippen LogP contribution in [0.1, 0.15) is 57.9 Å². The van der Waals surface area contributed by atoms with Crippen LogP contribution >= 0.6 is 22.9 Å². The van der Waals surface area contributed by atoms with Gasteiger partial charge in [-0.05, 0) is 37.8 Å². The van der Waals surface area contributed by atoms with Crippen LogP contribution in [0.2, 0.25) is 5.02 Å². The molecule has 0 saturated carbocycles. The Balaban J connectivity index is 1.19. The summed E-state index contributed by atoms with van der Waals surface area (Å²) < 4.78 is 53.3. The smallest absolute Gasteiger partial charge is 0.317 e. The van der Waals surface area contributed by atoms with Gasteiger partial charge in [-0.3, -0.25) is 14.4 Å². The number of ether oxygens (including phenoxy) is 1. The molecule has 2 N–H and O–H groups in total. The Morgan fingerprint density at radius 3 is 2.67 bits per heavy atom. The highest BCUT2D eigenvalue weighted by atomic mass is 35.5. The van der Waals surface area contributed by atoms with Gasteiger partial charge in [0, 0.05) is 50.4 Å². The van der Waals surface area contributed by atoms with Crippen molar-refractivity contribution in [2.45, 2.75) is 68.2 Å². The van der Waals surface area contributed by atoms with Gasteiger partial charge >= 0.3 is 6.01 Å². The summed E-state index contributed by atoms with van der Waals surface area (Å²) in [5.41, 5.74) is 6.71. The quantitative estimate of drug-likeness (QED) is 0.362. The summed E-state index contributed by atoms with van der Waals surface area (Å²) in [5, 5.41) is 14.5. The predicted molar refractivity (Wildman–Crippen MR) is 184 cm³/mol. The third-order valence-corrected chi connectivity index (χ3v) is 12.5. The van der Waals surface area contributed by atoms with Crippen LogP contribution in [0.15, 0.2) is 0 Å². The van der Waals surface area contributed by atoms with Gasteiger partial charge in [-0.25, -0.2) is 18.0 Å². The van der Waals surface area contributed by atoms with Gasteiger partial charge in [-0.15, -0.1) is 11.3 Å². The fraction of sp³-hybridized carbons (Fsp3) is 0.576. The first-order chi connectivity index (χ1) is 24.3. The lowest BCUT2D eigenvalue weighted by molar-refractivity contribution is -0.00842. The van der Waals surface area contributed by atoms with E-state index in [1.807, 2.05) is 4.90 Å².